The molecule has 0 aliphatic carbocycles. The zero-order valence-electron chi connectivity index (χ0n) is 9.54. The Morgan fingerprint density at radius 2 is 2.17 bits per heavy atom. The molecule has 3 N–H and O–H groups in total. The molecule has 0 bridgehead atoms. The lowest BCUT2D eigenvalue weighted by Gasteiger charge is -2.13. The van der Waals surface area contributed by atoms with Crippen molar-refractivity contribution >= 4 is 45.2 Å². The normalized spacial score (nSPS) is 11.7. The van der Waals surface area contributed by atoms with Gasteiger partial charge >= 0.3 is 12.0 Å². The molecule has 0 fully saturated rings. The summed E-state index contributed by atoms with van der Waals surface area (Å²) in [6.07, 6.45) is 0.302. The average molecular weight is 336 g/mol. The van der Waals surface area contributed by atoms with Gasteiger partial charge in [0.25, 0.3) is 0 Å². The van der Waals surface area contributed by atoms with Crippen molar-refractivity contribution in [1.82, 2.24) is 5.32 Å². The van der Waals surface area contributed by atoms with E-state index in [0.29, 0.717) is 17.1 Å². The maximum Gasteiger partial charge on any atom is 0.326 e. The first-order valence-electron chi connectivity index (χ1n) is 5.19. The van der Waals surface area contributed by atoms with Gasteiger partial charge in [-0.2, -0.15) is 0 Å². The standard InChI is InChI=1S/C11H12BrClN2O3/c1-2-8(10(16)17)14-11(18)15-9-4-3-6(12)5-7(9)13/h3-5,8H,2H2,1H3,(H,16,17)(H2,14,15,18)/t8-/m1/s1. The van der Waals surface area contributed by atoms with Gasteiger partial charge < -0.3 is 15.7 Å². The fourth-order valence-electron chi connectivity index (χ4n) is 1.25. The van der Waals surface area contributed by atoms with Crippen LogP contribution < -0.4 is 10.6 Å². The second-order valence-corrected chi connectivity index (χ2v) is 4.84. The largest absolute Gasteiger partial charge is 0.480 e. The zero-order chi connectivity index (χ0) is 13.7. The number of carbonyl (C=O) groups excluding carboxylic acids is 1. The molecule has 0 saturated carbocycles. The van der Waals surface area contributed by atoms with Crippen molar-refractivity contribution in [3.05, 3.63) is 27.7 Å². The molecular formula is C11H12BrClN2O3. The molecule has 0 aliphatic rings. The van der Waals surface area contributed by atoms with E-state index >= 15 is 0 Å². The van der Waals surface area contributed by atoms with Crippen LogP contribution in [0.4, 0.5) is 10.5 Å². The monoisotopic (exact) mass is 334 g/mol. The van der Waals surface area contributed by atoms with Crippen molar-refractivity contribution in [1.29, 1.82) is 0 Å². The predicted molar refractivity (Wildman–Crippen MR) is 73.0 cm³/mol. The lowest BCUT2D eigenvalue weighted by atomic mass is 10.2. The van der Waals surface area contributed by atoms with Crippen LogP contribution in [0.2, 0.25) is 5.02 Å². The van der Waals surface area contributed by atoms with Crippen LogP contribution in [0, 0.1) is 0 Å². The van der Waals surface area contributed by atoms with Gasteiger partial charge in [-0.1, -0.05) is 34.5 Å². The Balaban J connectivity index is 2.67. The third-order valence-electron chi connectivity index (χ3n) is 2.19. The molecule has 0 heterocycles. The molecule has 98 valence electrons. The van der Waals surface area contributed by atoms with Gasteiger partial charge in [0.2, 0.25) is 0 Å². The van der Waals surface area contributed by atoms with Crippen LogP contribution in [0.5, 0.6) is 0 Å². The van der Waals surface area contributed by atoms with Gasteiger partial charge in [0, 0.05) is 4.47 Å². The molecule has 1 aromatic rings. The maximum absolute atomic E-state index is 11.6. The Hall–Kier alpha value is -1.27. The molecule has 7 heteroatoms. The second kappa shape index (κ2) is 6.61. The lowest BCUT2D eigenvalue weighted by Crippen LogP contribution is -2.42. The number of anilines is 1. The Morgan fingerprint density at radius 1 is 1.50 bits per heavy atom. The van der Waals surface area contributed by atoms with Crippen molar-refractivity contribution < 1.29 is 14.7 Å². The van der Waals surface area contributed by atoms with E-state index < -0.39 is 18.0 Å². The molecular weight excluding hydrogens is 323 g/mol. The van der Waals surface area contributed by atoms with Gasteiger partial charge in [-0.3, -0.25) is 0 Å². The highest BCUT2D eigenvalue weighted by molar-refractivity contribution is 9.10. The average Bonchev–Trinajstić information content (AvgIpc) is 2.29. The first-order valence-corrected chi connectivity index (χ1v) is 6.36. The second-order valence-electron chi connectivity index (χ2n) is 3.52. The van der Waals surface area contributed by atoms with Crippen LogP contribution in [-0.2, 0) is 4.79 Å². The number of carbonyl (C=O) groups is 2. The molecule has 2 amide bonds. The molecule has 1 atom stereocenters. The SMILES string of the molecule is CC[C@@H](NC(=O)Nc1ccc(Br)cc1Cl)C(=O)O. The molecule has 1 rings (SSSR count). The quantitative estimate of drug-likeness (QED) is 0.791. The topological polar surface area (TPSA) is 78.4 Å². The van der Waals surface area contributed by atoms with Gasteiger partial charge in [0.15, 0.2) is 0 Å². The number of nitrogens with one attached hydrogen (secondary N) is 2. The minimum atomic E-state index is -1.07. The Morgan fingerprint density at radius 3 is 2.67 bits per heavy atom. The first kappa shape index (κ1) is 14.8. The van der Waals surface area contributed by atoms with E-state index in [1.165, 1.54) is 0 Å². The summed E-state index contributed by atoms with van der Waals surface area (Å²) in [6.45, 7) is 1.67. The summed E-state index contributed by atoms with van der Waals surface area (Å²) in [5.74, 6) is -1.07. The van der Waals surface area contributed by atoms with E-state index in [9.17, 15) is 9.59 Å². The van der Waals surface area contributed by atoms with Crippen LogP contribution in [0.25, 0.3) is 0 Å². The van der Waals surface area contributed by atoms with Gasteiger partial charge in [0.05, 0.1) is 10.7 Å². The number of hydrogen-bond donors (Lipinski definition) is 3. The van der Waals surface area contributed by atoms with E-state index in [4.69, 9.17) is 16.7 Å². The summed E-state index contributed by atoms with van der Waals surface area (Å²) in [4.78, 5) is 22.3. The molecule has 18 heavy (non-hydrogen) atoms. The zero-order valence-corrected chi connectivity index (χ0v) is 11.9. The summed E-state index contributed by atoms with van der Waals surface area (Å²) >= 11 is 9.16. The van der Waals surface area contributed by atoms with Crippen molar-refractivity contribution in [3.63, 3.8) is 0 Å². The molecule has 0 saturated heterocycles. The predicted octanol–water partition coefficient (Wildman–Crippen LogP) is 3.09. The highest BCUT2D eigenvalue weighted by Crippen LogP contribution is 2.25. The van der Waals surface area contributed by atoms with Crippen molar-refractivity contribution in [3.8, 4) is 0 Å². The Kier molecular flexibility index (Phi) is 5.43. The van der Waals surface area contributed by atoms with E-state index in [2.05, 4.69) is 26.6 Å². The van der Waals surface area contributed by atoms with E-state index in [-0.39, 0.29) is 0 Å². The minimum absolute atomic E-state index is 0.302. The van der Waals surface area contributed by atoms with Crippen molar-refractivity contribution in [2.75, 3.05) is 5.32 Å². The molecule has 0 unspecified atom stereocenters. The summed E-state index contributed by atoms with van der Waals surface area (Å²) in [5.41, 5.74) is 0.414. The number of urea groups is 1. The number of aliphatic carboxylic acids is 1. The molecule has 0 aromatic heterocycles. The molecule has 1 aromatic carbocycles. The molecule has 0 spiro atoms. The van der Waals surface area contributed by atoms with Gasteiger partial charge in [0.1, 0.15) is 6.04 Å². The lowest BCUT2D eigenvalue weighted by molar-refractivity contribution is -0.139. The fraction of sp³-hybridized carbons (Fsp3) is 0.273. The van der Waals surface area contributed by atoms with E-state index in [0.717, 1.165) is 4.47 Å². The first-order chi connectivity index (χ1) is 8.43. The molecule has 0 radical (unpaired) electrons. The Labute approximate surface area is 118 Å². The van der Waals surface area contributed by atoms with Crippen LogP contribution in [0.1, 0.15) is 13.3 Å². The number of benzene rings is 1. The van der Waals surface area contributed by atoms with Gasteiger partial charge in [-0.05, 0) is 24.6 Å². The number of halogens is 2. The highest BCUT2D eigenvalue weighted by Gasteiger charge is 2.17. The highest BCUT2D eigenvalue weighted by atomic mass is 79.9. The number of amides is 2. The van der Waals surface area contributed by atoms with Crippen LogP contribution in [-0.4, -0.2) is 23.1 Å². The maximum atomic E-state index is 11.6. The number of hydrogen-bond acceptors (Lipinski definition) is 2. The van der Waals surface area contributed by atoms with Crippen LogP contribution >= 0.6 is 27.5 Å². The van der Waals surface area contributed by atoms with Gasteiger partial charge in [-0.25, -0.2) is 9.59 Å². The van der Waals surface area contributed by atoms with Gasteiger partial charge in [-0.15, -0.1) is 0 Å². The van der Waals surface area contributed by atoms with E-state index in [1.807, 2.05) is 0 Å². The molecule has 5 nitrogen and oxygen atoms in total. The summed E-state index contributed by atoms with van der Waals surface area (Å²) in [7, 11) is 0. The number of carboxylic acid groups (broad SMARTS) is 1. The third-order valence-corrected chi connectivity index (χ3v) is 3.00. The number of rotatable bonds is 4. The minimum Gasteiger partial charge on any atom is -0.480 e. The van der Waals surface area contributed by atoms with Crippen LogP contribution in [0.3, 0.4) is 0 Å². The summed E-state index contributed by atoms with van der Waals surface area (Å²) in [6, 6.07) is 3.45. The number of carboxylic acids is 1. The van der Waals surface area contributed by atoms with Crippen LogP contribution in [0.15, 0.2) is 22.7 Å². The Bertz CT molecular complexity index is 468. The molecule has 0 aliphatic heterocycles. The van der Waals surface area contributed by atoms with E-state index in [1.54, 1.807) is 25.1 Å². The summed E-state index contributed by atoms with van der Waals surface area (Å²) < 4.78 is 0.787. The fourth-order valence-corrected chi connectivity index (χ4v) is 1.97. The third kappa shape index (κ3) is 4.19. The van der Waals surface area contributed by atoms with Crippen molar-refractivity contribution in [2.24, 2.45) is 0 Å². The van der Waals surface area contributed by atoms with Crippen molar-refractivity contribution in [2.45, 2.75) is 19.4 Å². The summed E-state index contributed by atoms with van der Waals surface area (Å²) in [5, 5.41) is 14.0. The smallest absolute Gasteiger partial charge is 0.326 e.